The molecule has 0 aromatic heterocycles. The van der Waals surface area contributed by atoms with Gasteiger partial charge in [0.15, 0.2) is 5.78 Å². The minimum atomic E-state index is -4.48. The molecule has 0 atom stereocenters. The zero-order valence-electron chi connectivity index (χ0n) is 9.06. The van der Waals surface area contributed by atoms with Crippen molar-refractivity contribution in [1.82, 2.24) is 0 Å². The third-order valence-electron chi connectivity index (χ3n) is 1.95. The van der Waals surface area contributed by atoms with Crippen molar-refractivity contribution < 1.29 is 27.1 Å². The Bertz CT molecular complexity index is 432. The number of halogens is 5. The van der Waals surface area contributed by atoms with E-state index in [4.69, 9.17) is 11.6 Å². The van der Waals surface area contributed by atoms with Crippen LogP contribution in [0, 0.1) is 5.82 Å². The second-order valence-corrected chi connectivity index (χ2v) is 3.94. The number of ether oxygens (including phenoxy) is 1. The molecule has 2 nitrogen and oxygen atoms in total. The molecule has 0 radical (unpaired) electrons. The van der Waals surface area contributed by atoms with Gasteiger partial charge in [-0.25, -0.2) is 4.39 Å². The first-order valence-corrected chi connectivity index (χ1v) is 5.26. The standard InChI is InChI=1S/C11H9ClF4O2/c12-9-3-1-2-7(10(9)13)4-8(17)5-18-6-11(14,15)16/h1-3H,4-6H2. The summed E-state index contributed by atoms with van der Waals surface area (Å²) >= 11 is 5.50. The van der Waals surface area contributed by atoms with E-state index in [1.165, 1.54) is 18.2 Å². The van der Waals surface area contributed by atoms with Crippen molar-refractivity contribution in [1.29, 1.82) is 0 Å². The van der Waals surface area contributed by atoms with Gasteiger partial charge in [0.25, 0.3) is 0 Å². The highest BCUT2D eigenvalue weighted by Gasteiger charge is 2.27. The Morgan fingerprint density at radius 2 is 2.00 bits per heavy atom. The number of Topliss-reactive ketones (excluding diaryl/α,β-unsaturated/α-hetero) is 1. The smallest absolute Gasteiger partial charge is 0.364 e. The zero-order valence-corrected chi connectivity index (χ0v) is 9.82. The van der Waals surface area contributed by atoms with Crippen LogP contribution in [0.25, 0.3) is 0 Å². The van der Waals surface area contributed by atoms with Gasteiger partial charge in [0.2, 0.25) is 0 Å². The summed E-state index contributed by atoms with van der Waals surface area (Å²) in [6.07, 6.45) is -4.84. The molecule has 18 heavy (non-hydrogen) atoms. The summed E-state index contributed by atoms with van der Waals surface area (Å²) in [5.74, 6) is -1.40. The van der Waals surface area contributed by atoms with Crippen molar-refractivity contribution in [3.05, 3.63) is 34.6 Å². The molecule has 0 spiro atoms. The van der Waals surface area contributed by atoms with E-state index in [1.807, 2.05) is 0 Å². The Kier molecular flexibility index (Phi) is 5.10. The van der Waals surface area contributed by atoms with Gasteiger partial charge < -0.3 is 4.74 Å². The van der Waals surface area contributed by atoms with Crippen LogP contribution in [-0.2, 0) is 16.0 Å². The number of ketones is 1. The Balaban J connectivity index is 2.48. The average molecular weight is 285 g/mol. The third kappa shape index (κ3) is 5.01. The van der Waals surface area contributed by atoms with Crippen LogP contribution in [0.5, 0.6) is 0 Å². The predicted octanol–water partition coefficient (Wildman–Crippen LogP) is 3.17. The van der Waals surface area contributed by atoms with Gasteiger partial charge in [-0.05, 0) is 11.6 Å². The predicted molar refractivity (Wildman–Crippen MR) is 57.0 cm³/mol. The maximum Gasteiger partial charge on any atom is 0.411 e. The van der Waals surface area contributed by atoms with Crippen LogP contribution in [0.2, 0.25) is 5.02 Å². The molecule has 1 rings (SSSR count). The normalized spacial score (nSPS) is 11.6. The lowest BCUT2D eigenvalue weighted by atomic mass is 10.1. The first-order chi connectivity index (χ1) is 8.29. The molecule has 0 unspecified atom stereocenters. The van der Waals surface area contributed by atoms with Crippen LogP contribution in [0.3, 0.4) is 0 Å². The van der Waals surface area contributed by atoms with E-state index in [0.717, 1.165) is 0 Å². The molecule has 0 N–H and O–H groups in total. The summed E-state index contributed by atoms with van der Waals surface area (Å²) < 4.78 is 52.7. The van der Waals surface area contributed by atoms with Gasteiger partial charge in [-0.3, -0.25) is 4.79 Å². The van der Waals surface area contributed by atoms with E-state index < -0.39 is 31.0 Å². The maximum atomic E-state index is 13.4. The van der Waals surface area contributed by atoms with E-state index in [0.29, 0.717) is 0 Å². The molecule has 7 heteroatoms. The van der Waals surface area contributed by atoms with Gasteiger partial charge in [-0.2, -0.15) is 13.2 Å². The van der Waals surface area contributed by atoms with Crippen LogP contribution in [0.4, 0.5) is 17.6 Å². The van der Waals surface area contributed by atoms with Crippen molar-refractivity contribution in [3.63, 3.8) is 0 Å². The molecular weight excluding hydrogens is 276 g/mol. The van der Waals surface area contributed by atoms with E-state index in [2.05, 4.69) is 4.74 Å². The van der Waals surface area contributed by atoms with Crippen molar-refractivity contribution in [2.75, 3.05) is 13.2 Å². The van der Waals surface area contributed by atoms with Crippen LogP contribution < -0.4 is 0 Å². The maximum absolute atomic E-state index is 13.4. The largest absolute Gasteiger partial charge is 0.411 e. The number of hydrogen-bond donors (Lipinski definition) is 0. The molecule has 0 bridgehead atoms. The van der Waals surface area contributed by atoms with Gasteiger partial charge in [0, 0.05) is 6.42 Å². The minimum Gasteiger partial charge on any atom is -0.364 e. The zero-order chi connectivity index (χ0) is 13.8. The Labute approximate surface area is 105 Å². The second kappa shape index (κ2) is 6.15. The van der Waals surface area contributed by atoms with Crippen LogP contribution >= 0.6 is 11.6 Å². The van der Waals surface area contributed by atoms with Gasteiger partial charge >= 0.3 is 6.18 Å². The highest BCUT2D eigenvalue weighted by Crippen LogP contribution is 2.18. The fourth-order valence-electron chi connectivity index (χ4n) is 1.23. The van der Waals surface area contributed by atoms with Crippen molar-refractivity contribution in [2.45, 2.75) is 12.6 Å². The van der Waals surface area contributed by atoms with Crippen LogP contribution in [0.1, 0.15) is 5.56 Å². The number of carbonyl (C=O) groups excluding carboxylic acids is 1. The number of rotatable bonds is 5. The van der Waals surface area contributed by atoms with E-state index in [-0.39, 0.29) is 17.0 Å². The first kappa shape index (κ1) is 14.9. The molecule has 0 aliphatic carbocycles. The molecule has 0 saturated carbocycles. The lowest BCUT2D eigenvalue weighted by Gasteiger charge is -2.07. The third-order valence-corrected chi connectivity index (χ3v) is 2.24. The Hall–Kier alpha value is -1.14. The highest BCUT2D eigenvalue weighted by molar-refractivity contribution is 6.30. The molecule has 100 valence electrons. The van der Waals surface area contributed by atoms with Gasteiger partial charge in [-0.15, -0.1) is 0 Å². The van der Waals surface area contributed by atoms with E-state index >= 15 is 0 Å². The van der Waals surface area contributed by atoms with Gasteiger partial charge in [0.1, 0.15) is 19.0 Å². The van der Waals surface area contributed by atoms with E-state index in [9.17, 15) is 22.4 Å². The van der Waals surface area contributed by atoms with E-state index in [1.54, 1.807) is 0 Å². The number of carbonyl (C=O) groups is 1. The topological polar surface area (TPSA) is 26.3 Å². The van der Waals surface area contributed by atoms with Crippen molar-refractivity contribution >= 4 is 17.4 Å². The fourth-order valence-corrected chi connectivity index (χ4v) is 1.42. The summed E-state index contributed by atoms with van der Waals surface area (Å²) in [6.45, 7) is -2.22. The minimum absolute atomic E-state index is 0.0307. The Morgan fingerprint density at radius 1 is 1.33 bits per heavy atom. The summed E-state index contributed by atoms with van der Waals surface area (Å²) in [5.41, 5.74) is 0.0307. The molecule has 0 aliphatic heterocycles. The quantitative estimate of drug-likeness (QED) is 0.776. The number of benzene rings is 1. The highest BCUT2D eigenvalue weighted by atomic mass is 35.5. The van der Waals surface area contributed by atoms with Crippen molar-refractivity contribution in [3.8, 4) is 0 Å². The summed E-state index contributed by atoms with van der Waals surface area (Å²) in [7, 11) is 0. The molecule has 0 amide bonds. The molecule has 0 fully saturated rings. The molecule has 1 aromatic rings. The fraction of sp³-hybridized carbons (Fsp3) is 0.364. The van der Waals surface area contributed by atoms with Gasteiger partial charge in [-0.1, -0.05) is 23.7 Å². The summed E-state index contributed by atoms with van der Waals surface area (Å²) in [4.78, 5) is 11.3. The first-order valence-electron chi connectivity index (χ1n) is 4.88. The van der Waals surface area contributed by atoms with Crippen LogP contribution in [-0.4, -0.2) is 25.2 Å². The lowest BCUT2D eigenvalue weighted by Crippen LogP contribution is -2.21. The second-order valence-electron chi connectivity index (χ2n) is 3.54. The molecule has 0 aliphatic rings. The molecular formula is C11H9ClF4O2. The van der Waals surface area contributed by atoms with Crippen molar-refractivity contribution in [2.24, 2.45) is 0 Å². The molecule has 0 heterocycles. The number of alkyl halides is 3. The summed E-state index contributed by atoms with van der Waals surface area (Å²) in [5, 5.41) is -0.142. The molecule has 1 aromatic carbocycles. The SMILES string of the molecule is O=C(COCC(F)(F)F)Cc1cccc(Cl)c1F. The monoisotopic (exact) mass is 284 g/mol. The Morgan fingerprint density at radius 3 is 2.61 bits per heavy atom. The lowest BCUT2D eigenvalue weighted by molar-refractivity contribution is -0.175. The van der Waals surface area contributed by atoms with Crippen LogP contribution in [0.15, 0.2) is 18.2 Å². The average Bonchev–Trinajstić information content (AvgIpc) is 2.23. The number of hydrogen-bond acceptors (Lipinski definition) is 2. The van der Waals surface area contributed by atoms with Gasteiger partial charge in [0.05, 0.1) is 5.02 Å². The molecule has 0 saturated heterocycles. The summed E-state index contributed by atoms with van der Waals surface area (Å²) in [6, 6.07) is 4.10.